The van der Waals surface area contributed by atoms with Crippen LogP contribution in [-0.4, -0.2) is 19.9 Å². The van der Waals surface area contributed by atoms with Crippen LogP contribution in [0.3, 0.4) is 0 Å². The SMILES string of the molecule is COc1ccc(CC(=O)Oc2ccc3c(c2)OCO3)cc1. The molecule has 3 rings (SSSR count). The Morgan fingerprint density at radius 2 is 1.76 bits per heavy atom. The molecule has 1 heterocycles. The minimum atomic E-state index is -0.334. The van der Waals surface area contributed by atoms with Crippen LogP contribution in [0, 0.1) is 0 Å². The second-order valence-electron chi connectivity index (χ2n) is 4.51. The van der Waals surface area contributed by atoms with Crippen LogP contribution in [0.15, 0.2) is 42.5 Å². The van der Waals surface area contributed by atoms with Crippen LogP contribution in [0.25, 0.3) is 0 Å². The van der Waals surface area contributed by atoms with Crippen molar-refractivity contribution in [3.05, 3.63) is 48.0 Å². The van der Waals surface area contributed by atoms with Crippen LogP contribution in [0.1, 0.15) is 5.56 Å². The molecule has 0 spiro atoms. The fraction of sp³-hybridized carbons (Fsp3) is 0.188. The van der Waals surface area contributed by atoms with Crippen molar-refractivity contribution < 1.29 is 23.7 Å². The number of carbonyl (C=O) groups excluding carboxylic acids is 1. The molecular weight excluding hydrogens is 272 g/mol. The molecule has 2 aromatic carbocycles. The van der Waals surface area contributed by atoms with Gasteiger partial charge in [0.15, 0.2) is 11.5 Å². The molecular formula is C16H14O5. The summed E-state index contributed by atoms with van der Waals surface area (Å²) in [4.78, 5) is 11.9. The standard InChI is InChI=1S/C16H14O5/c1-18-12-4-2-11(3-5-12)8-16(17)21-13-6-7-14-15(9-13)20-10-19-14/h2-7,9H,8,10H2,1H3. The highest BCUT2D eigenvalue weighted by molar-refractivity contribution is 5.75. The van der Waals surface area contributed by atoms with Crippen molar-refractivity contribution in [2.75, 3.05) is 13.9 Å². The van der Waals surface area contributed by atoms with Gasteiger partial charge in [-0.3, -0.25) is 4.79 Å². The van der Waals surface area contributed by atoms with Gasteiger partial charge in [0.25, 0.3) is 0 Å². The quantitative estimate of drug-likeness (QED) is 0.638. The number of rotatable bonds is 4. The Bertz CT molecular complexity index is 648. The lowest BCUT2D eigenvalue weighted by molar-refractivity contribution is -0.133. The van der Waals surface area contributed by atoms with Crippen LogP contribution in [0.4, 0.5) is 0 Å². The molecule has 5 heteroatoms. The lowest BCUT2D eigenvalue weighted by Crippen LogP contribution is -2.11. The van der Waals surface area contributed by atoms with Gasteiger partial charge in [-0.2, -0.15) is 0 Å². The minimum Gasteiger partial charge on any atom is -0.497 e. The fourth-order valence-corrected chi connectivity index (χ4v) is 2.02. The second-order valence-corrected chi connectivity index (χ2v) is 4.51. The Labute approximate surface area is 122 Å². The lowest BCUT2D eigenvalue weighted by atomic mass is 10.1. The summed E-state index contributed by atoms with van der Waals surface area (Å²) in [7, 11) is 1.60. The van der Waals surface area contributed by atoms with E-state index < -0.39 is 0 Å². The third-order valence-corrected chi connectivity index (χ3v) is 3.08. The maximum atomic E-state index is 11.9. The second kappa shape index (κ2) is 5.75. The predicted molar refractivity (Wildman–Crippen MR) is 74.9 cm³/mol. The topological polar surface area (TPSA) is 54.0 Å². The molecule has 0 unspecified atom stereocenters. The highest BCUT2D eigenvalue weighted by Crippen LogP contribution is 2.35. The van der Waals surface area contributed by atoms with Crippen LogP contribution in [0.2, 0.25) is 0 Å². The van der Waals surface area contributed by atoms with Gasteiger partial charge in [0, 0.05) is 6.07 Å². The monoisotopic (exact) mass is 286 g/mol. The van der Waals surface area contributed by atoms with Gasteiger partial charge in [-0.1, -0.05) is 12.1 Å². The summed E-state index contributed by atoms with van der Waals surface area (Å²) in [6, 6.07) is 12.3. The zero-order valence-electron chi connectivity index (χ0n) is 11.5. The molecule has 0 N–H and O–H groups in total. The number of carbonyl (C=O) groups is 1. The Morgan fingerprint density at radius 1 is 1.05 bits per heavy atom. The number of benzene rings is 2. The van der Waals surface area contributed by atoms with Crippen molar-refractivity contribution >= 4 is 5.97 Å². The first kappa shape index (κ1) is 13.3. The molecule has 108 valence electrons. The third-order valence-electron chi connectivity index (χ3n) is 3.08. The molecule has 0 atom stereocenters. The Hall–Kier alpha value is -2.69. The van der Waals surface area contributed by atoms with Crippen molar-refractivity contribution in [3.63, 3.8) is 0 Å². The van der Waals surface area contributed by atoms with Gasteiger partial charge in [0.1, 0.15) is 11.5 Å². The predicted octanol–water partition coefficient (Wildman–Crippen LogP) is 2.57. The first-order chi connectivity index (χ1) is 10.2. The summed E-state index contributed by atoms with van der Waals surface area (Å²) in [6.45, 7) is 0.193. The van der Waals surface area contributed by atoms with Gasteiger partial charge in [-0.05, 0) is 29.8 Å². The fourth-order valence-electron chi connectivity index (χ4n) is 2.02. The largest absolute Gasteiger partial charge is 0.497 e. The Morgan fingerprint density at radius 3 is 2.52 bits per heavy atom. The van der Waals surface area contributed by atoms with Gasteiger partial charge in [-0.25, -0.2) is 0 Å². The van der Waals surface area contributed by atoms with E-state index in [1.165, 1.54) is 0 Å². The van der Waals surface area contributed by atoms with E-state index in [0.717, 1.165) is 11.3 Å². The zero-order chi connectivity index (χ0) is 14.7. The molecule has 5 nitrogen and oxygen atoms in total. The third kappa shape index (κ3) is 3.08. The van der Waals surface area contributed by atoms with Crippen molar-refractivity contribution in [2.24, 2.45) is 0 Å². The van der Waals surface area contributed by atoms with E-state index in [2.05, 4.69) is 0 Å². The number of esters is 1. The van der Waals surface area contributed by atoms with E-state index in [0.29, 0.717) is 17.2 Å². The number of methoxy groups -OCH3 is 1. The molecule has 0 fully saturated rings. The van der Waals surface area contributed by atoms with E-state index in [1.807, 2.05) is 24.3 Å². The first-order valence-electron chi connectivity index (χ1n) is 6.48. The maximum Gasteiger partial charge on any atom is 0.315 e. The average molecular weight is 286 g/mol. The smallest absolute Gasteiger partial charge is 0.315 e. The summed E-state index contributed by atoms with van der Waals surface area (Å²) in [5, 5.41) is 0. The molecule has 0 saturated carbocycles. The summed E-state index contributed by atoms with van der Waals surface area (Å²) in [5.74, 6) is 2.11. The molecule has 0 aromatic heterocycles. The number of fused-ring (bicyclic) bond motifs is 1. The van der Waals surface area contributed by atoms with Crippen molar-refractivity contribution in [3.8, 4) is 23.0 Å². The normalized spacial score (nSPS) is 12.0. The zero-order valence-corrected chi connectivity index (χ0v) is 11.5. The van der Waals surface area contributed by atoms with E-state index in [9.17, 15) is 4.79 Å². The van der Waals surface area contributed by atoms with Crippen molar-refractivity contribution in [1.82, 2.24) is 0 Å². The Kier molecular flexibility index (Phi) is 3.64. The van der Waals surface area contributed by atoms with Gasteiger partial charge in [0.2, 0.25) is 6.79 Å². The van der Waals surface area contributed by atoms with Gasteiger partial charge >= 0.3 is 5.97 Å². The molecule has 0 amide bonds. The molecule has 2 aromatic rings. The highest BCUT2D eigenvalue weighted by atomic mass is 16.7. The molecule has 0 bridgehead atoms. The molecule has 0 radical (unpaired) electrons. The highest BCUT2D eigenvalue weighted by Gasteiger charge is 2.15. The van der Waals surface area contributed by atoms with Crippen LogP contribution in [0.5, 0.6) is 23.0 Å². The van der Waals surface area contributed by atoms with Crippen molar-refractivity contribution in [2.45, 2.75) is 6.42 Å². The number of hydrogen-bond acceptors (Lipinski definition) is 5. The number of ether oxygens (including phenoxy) is 4. The Balaban J connectivity index is 1.63. The molecule has 1 aliphatic rings. The summed E-state index contributed by atoms with van der Waals surface area (Å²) >= 11 is 0. The van der Waals surface area contributed by atoms with Crippen LogP contribution >= 0.6 is 0 Å². The average Bonchev–Trinajstić information content (AvgIpc) is 2.95. The van der Waals surface area contributed by atoms with E-state index in [-0.39, 0.29) is 19.2 Å². The van der Waals surface area contributed by atoms with Gasteiger partial charge in [-0.15, -0.1) is 0 Å². The molecule has 0 aliphatic carbocycles. The van der Waals surface area contributed by atoms with E-state index in [1.54, 1.807) is 25.3 Å². The molecule has 0 saturated heterocycles. The number of hydrogen-bond donors (Lipinski definition) is 0. The first-order valence-corrected chi connectivity index (χ1v) is 6.48. The van der Waals surface area contributed by atoms with Crippen molar-refractivity contribution in [1.29, 1.82) is 0 Å². The van der Waals surface area contributed by atoms with Crippen LogP contribution in [-0.2, 0) is 11.2 Å². The molecule has 1 aliphatic heterocycles. The minimum absolute atomic E-state index is 0.193. The van der Waals surface area contributed by atoms with Gasteiger partial charge < -0.3 is 18.9 Å². The summed E-state index contributed by atoms with van der Waals surface area (Å²) in [6.07, 6.45) is 0.193. The summed E-state index contributed by atoms with van der Waals surface area (Å²) in [5.41, 5.74) is 0.863. The van der Waals surface area contributed by atoms with Gasteiger partial charge in [0.05, 0.1) is 13.5 Å². The lowest BCUT2D eigenvalue weighted by Gasteiger charge is -2.06. The van der Waals surface area contributed by atoms with Crippen LogP contribution < -0.4 is 18.9 Å². The van der Waals surface area contributed by atoms with E-state index >= 15 is 0 Å². The maximum absolute atomic E-state index is 11.9. The summed E-state index contributed by atoms with van der Waals surface area (Å²) < 4.78 is 20.8. The molecule has 21 heavy (non-hydrogen) atoms. The van der Waals surface area contributed by atoms with E-state index in [4.69, 9.17) is 18.9 Å².